The van der Waals surface area contributed by atoms with E-state index in [1.54, 1.807) is 0 Å². The van der Waals surface area contributed by atoms with Crippen molar-refractivity contribution in [2.45, 2.75) is 41.0 Å². The molecule has 1 aromatic carbocycles. The van der Waals surface area contributed by atoms with Crippen molar-refractivity contribution in [3.05, 3.63) is 47.7 Å². The van der Waals surface area contributed by atoms with E-state index in [4.69, 9.17) is 0 Å². The second-order valence-corrected chi connectivity index (χ2v) is 3.80. The lowest BCUT2D eigenvalue weighted by Gasteiger charge is -2.06. The fourth-order valence-electron chi connectivity index (χ4n) is 1.59. The Morgan fingerprint density at radius 1 is 1.21 bits per heavy atom. The molecule has 1 aromatic rings. The predicted octanol–water partition coefficient (Wildman–Crippen LogP) is 4.88. The minimum absolute atomic E-state index is 0.927. The zero-order chi connectivity index (χ0) is 14.7. The summed E-state index contributed by atoms with van der Waals surface area (Å²) in [5, 5.41) is 0. The van der Waals surface area contributed by atoms with E-state index in [-0.39, 0.29) is 0 Å². The Morgan fingerprint density at radius 2 is 1.84 bits per heavy atom. The van der Waals surface area contributed by atoms with Gasteiger partial charge in [0.05, 0.1) is 0 Å². The van der Waals surface area contributed by atoms with Crippen molar-refractivity contribution in [3.63, 3.8) is 0 Å². The first-order chi connectivity index (χ1) is 9.22. The Morgan fingerprint density at radius 3 is 2.37 bits per heavy atom. The fourth-order valence-corrected chi connectivity index (χ4v) is 1.59. The van der Waals surface area contributed by atoms with Crippen LogP contribution in [0.3, 0.4) is 0 Å². The number of benzene rings is 1. The van der Waals surface area contributed by atoms with Crippen LogP contribution < -0.4 is 0 Å². The summed E-state index contributed by atoms with van der Waals surface area (Å²) in [5.41, 5.74) is 4.49. The highest BCUT2D eigenvalue weighted by molar-refractivity contribution is 6.04. The summed E-state index contributed by atoms with van der Waals surface area (Å²) < 4.78 is 0. The van der Waals surface area contributed by atoms with E-state index in [0.29, 0.717) is 0 Å². The van der Waals surface area contributed by atoms with Crippen LogP contribution in [0.5, 0.6) is 0 Å². The van der Waals surface area contributed by atoms with Crippen LogP contribution in [0.1, 0.15) is 52.2 Å². The van der Waals surface area contributed by atoms with Gasteiger partial charge in [0.2, 0.25) is 0 Å². The zero-order valence-corrected chi connectivity index (χ0v) is 13.1. The number of hydrogen-bond donors (Lipinski definition) is 0. The van der Waals surface area contributed by atoms with Gasteiger partial charge in [0, 0.05) is 24.7 Å². The lowest BCUT2D eigenvalue weighted by Crippen LogP contribution is -2.01. The Balaban J connectivity index is 0.00000154. The number of nitrogens with zero attached hydrogens (tertiary/aromatic N) is 2. The summed E-state index contributed by atoms with van der Waals surface area (Å²) in [6, 6.07) is 8.38. The SMILES string of the molecule is C/C=C\N=C(CC)c1cccc(C(C)=NC)c1.CC. The van der Waals surface area contributed by atoms with E-state index in [9.17, 15) is 0 Å². The van der Waals surface area contributed by atoms with Crippen LogP contribution in [0.25, 0.3) is 0 Å². The molecular formula is C17H26N2. The Labute approximate surface area is 118 Å². The maximum atomic E-state index is 4.45. The topological polar surface area (TPSA) is 24.7 Å². The molecule has 0 heterocycles. The molecule has 104 valence electrons. The van der Waals surface area contributed by atoms with Gasteiger partial charge in [-0.3, -0.25) is 9.98 Å². The summed E-state index contributed by atoms with van der Waals surface area (Å²) in [7, 11) is 1.82. The highest BCUT2D eigenvalue weighted by Gasteiger charge is 2.03. The van der Waals surface area contributed by atoms with Crippen molar-refractivity contribution >= 4 is 11.4 Å². The van der Waals surface area contributed by atoms with Crippen molar-refractivity contribution < 1.29 is 0 Å². The molecule has 0 aliphatic carbocycles. The Kier molecular flexibility index (Phi) is 9.33. The van der Waals surface area contributed by atoms with Gasteiger partial charge in [-0.05, 0) is 37.5 Å². The van der Waals surface area contributed by atoms with Crippen LogP contribution in [-0.4, -0.2) is 18.5 Å². The summed E-state index contributed by atoms with van der Waals surface area (Å²) in [5.74, 6) is 0. The van der Waals surface area contributed by atoms with Gasteiger partial charge < -0.3 is 0 Å². The quantitative estimate of drug-likeness (QED) is 0.687. The molecule has 19 heavy (non-hydrogen) atoms. The number of rotatable bonds is 4. The third kappa shape index (κ3) is 5.64. The van der Waals surface area contributed by atoms with Gasteiger partial charge in [-0.2, -0.15) is 0 Å². The molecule has 0 saturated carbocycles. The van der Waals surface area contributed by atoms with Crippen molar-refractivity contribution in [1.82, 2.24) is 0 Å². The van der Waals surface area contributed by atoms with E-state index < -0.39 is 0 Å². The minimum atomic E-state index is 0.927. The first-order valence-corrected chi connectivity index (χ1v) is 6.95. The predicted molar refractivity (Wildman–Crippen MR) is 87.6 cm³/mol. The molecule has 0 N–H and O–H groups in total. The van der Waals surface area contributed by atoms with E-state index in [1.165, 1.54) is 5.56 Å². The van der Waals surface area contributed by atoms with Crippen LogP contribution in [0, 0.1) is 0 Å². The lowest BCUT2D eigenvalue weighted by molar-refractivity contribution is 1.26. The molecule has 0 saturated heterocycles. The van der Waals surface area contributed by atoms with E-state index >= 15 is 0 Å². The highest BCUT2D eigenvalue weighted by atomic mass is 14.7. The molecule has 0 bridgehead atoms. The zero-order valence-electron chi connectivity index (χ0n) is 13.1. The molecule has 0 unspecified atom stereocenters. The average molecular weight is 258 g/mol. The first-order valence-electron chi connectivity index (χ1n) is 6.95. The molecule has 0 fully saturated rings. The summed E-state index contributed by atoms with van der Waals surface area (Å²) in [6.07, 6.45) is 4.71. The van der Waals surface area contributed by atoms with Gasteiger partial charge in [0.1, 0.15) is 0 Å². The molecule has 0 aliphatic heterocycles. The van der Waals surface area contributed by atoms with Crippen molar-refractivity contribution in [3.8, 4) is 0 Å². The number of hydrogen-bond acceptors (Lipinski definition) is 2. The maximum absolute atomic E-state index is 4.45. The Bertz CT molecular complexity index is 454. The second kappa shape index (κ2) is 10.2. The summed E-state index contributed by atoms with van der Waals surface area (Å²) in [6.45, 7) is 10.1. The van der Waals surface area contributed by atoms with Crippen LogP contribution in [-0.2, 0) is 0 Å². The van der Waals surface area contributed by atoms with Crippen molar-refractivity contribution in [2.24, 2.45) is 9.98 Å². The molecule has 0 aliphatic rings. The monoisotopic (exact) mass is 258 g/mol. The second-order valence-electron chi connectivity index (χ2n) is 3.80. The first kappa shape index (κ1) is 17.3. The standard InChI is InChI=1S/C15H20N2.C2H6/c1-5-10-17-15(6-2)14-9-7-8-13(11-14)12(3)16-4;1-2/h5,7-11H,6H2,1-4H3;1-2H3/b10-5-,16-12?,17-15?;. The fraction of sp³-hybridized carbons (Fsp3) is 0.412. The lowest BCUT2D eigenvalue weighted by atomic mass is 10.0. The number of aliphatic imine (C=N–C) groups is 2. The van der Waals surface area contributed by atoms with Crippen LogP contribution in [0.4, 0.5) is 0 Å². The van der Waals surface area contributed by atoms with Gasteiger partial charge in [-0.15, -0.1) is 0 Å². The summed E-state index contributed by atoms with van der Waals surface area (Å²) >= 11 is 0. The highest BCUT2D eigenvalue weighted by Crippen LogP contribution is 2.10. The molecule has 0 amide bonds. The van der Waals surface area contributed by atoms with Crippen LogP contribution in [0.15, 0.2) is 46.5 Å². The van der Waals surface area contributed by atoms with Gasteiger partial charge in [0.25, 0.3) is 0 Å². The van der Waals surface area contributed by atoms with Crippen molar-refractivity contribution in [2.75, 3.05) is 7.05 Å². The molecule has 0 atom stereocenters. The van der Waals surface area contributed by atoms with E-state index in [0.717, 1.165) is 23.4 Å². The molecular weight excluding hydrogens is 232 g/mol. The number of allylic oxidation sites excluding steroid dienone is 1. The minimum Gasteiger partial charge on any atom is -0.293 e. The van der Waals surface area contributed by atoms with Crippen LogP contribution in [0.2, 0.25) is 0 Å². The maximum Gasteiger partial charge on any atom is 0.0473 e. The third-order valence-electron chi connectivity index (χ3n) is 2.66. The molecule has 2 heteroatoms. The smallest absolute Gasteiger partial charge is 0.0473 e. The van der Waals surface area contributed by atoms with Gasteiger partial charge in [-0.1, -0.05) is 45.0 Å². The normalized spacial score (nSPS) is 12.3. The molecule has 1 rings (SSSR count). The van der Waals surface area contributed by atoms with Crippen LogP contribution >= 0.6 is 0 Å². The largest absolute Gasteiger partial charge is 0.293 e. The van der Waals surface area contributed by atoms with E-state index in [1.807, 2.05) is 47.0 Å². The molecule has 0 spiro atoms. The van der Waals surface area contributed by atoms with Gasteiger partial charge in [0.15, 0.2) is 0 Å². The Hall–Kier alpha value is -1.70. The van der Waals surface area contributed by atoms with Crippen molar-refractivity contribution in [1.29, 1.82) is 0 Å². The average Bonchev–Trinajstić information content (AvgIpc) is 2.49. The third-order valence-corrected chi connectivity index (χ3v) is 2.66. The van der Waals surface area contributed by atoms with Gasteiger partial charge in [-0.25, -0.2) is 0 Å². The summed E-state index contributed by atoms with van der Waals surface area (Å²) in [4.78, 5) is 8.66. The van der Waals surface area contributed by atoms with Gasteiger partial charge >= 0.3 is 0 Å². The molecule has 0 radical (unpaired) electrons. The molecule has 2 nitrogen and oxygen atoms in total. The molecule has 0 aromatic heterocycles. The van der Waals surface area contributed by atoms with E-state index in [2.05, 4.69) is 41.2 Å².